The Labute approximate surface area is 144 Å². The largest absolute Gasteiger partial charge is 0.324 e. The minimum Gasteiger partial charge on any atom is -0.324 e. The van der Waals surface area contributed by atoms with Gasteiger partial charge in [0.1, 0.15) is 0 Å². The molecule has 0 atom stereocenters. The zero-order chi connectivity index (χ0) is 17.5. The van der Waals surface area contributed by atoms with Gasteiger partial charge in [-0.3, -0.25) is 9.78 Å². The van der Waals surface area contributed by atoms with Crippen LogP contribution in [0.1, 0.15) is 56.2 Å². The number of hydrogen-bond acceptors (Lipinski definition) is 3. The van der Waals surface area contributed by atoms with Gasteiger partial charge in [0.25, 0.3) is 0 Å². The number of nitrogens with one attached hydrogen (secondary N) is 2. The van der Waals surface area contributed by atoms with Crippen LogP contribution in [0.2, 0.25) is 0 Å². The molecular formula is C20H27N3O. The summed E-state index contributed by atoms with van der Waals surface area (Å²) in [5, 5.41) is 6.28. The monoisotopic (exact) mass is 325 g/mol. The van der Waals surface area contributed by atoms with Gasteiger partial charge in [0.15, 0.2) is 0 Å². The second kappa shape index (κ2) is 8.60. The van der Waals surface area contributed by atoms with Crippen molar-refractivity contribution < 1.29 is 4.79 Å². The lowest BCUT2D eigenvalue weighted by molar-refractivity contribution is -0.115. The molecule has 128 valence electrons. The third-order valence-electron chi connectivity index (χ3n) is 3.97. The average molecular weight is 325 g/mol. The Kier molecular flexibility index (Phi) is 6.50. The molecule has 0 radical (unpaired) electrons. The SMILES string of the molecule is CC(C)c1cccc(C(C)C)c1NC(=O)CNCc1cccnc1. The number of hydrogen-bond donors (Lipinski definition) is 2. The maximum atomic E-state index is 12.4. The molecule has 0 saturated carbocycles. The van der Waals surface area contributed by atoms with Crippen LogP contribution in [0.25, 0.3) is 0 Å². The first-order valence-electron chi connectivity index (χ1n) is 8.51. The Balaban J connectivity index is 2.02. The Morgan fingerprint density at radius 2 is 1.71 bits per heavy atom. The van der Waals surface area contributed by atoms with Gasteiger partial charge in [0, 0.05) is 24.6 Å². The van der Waals surface area contributed by atoms with Crippen molar-refractivity contribution in [3.63, 3.8) is 0 Å². The summed E-state index contributed by atoms with van der Waals surface area (Å²) in [5.41, 5.74) is 4.40. The van der Waals surface area contributed by atoms with Crippen molar-refractivity contribution in [3.05, 3.63) is 59.4 Å². The molecule has 4 nitrogen and oxygen atoms in total. The number of aromatic nitrogens is 1. The first-order chi connectivity index (χ1) is 11.5. The number of para-hydroxylation sites is 1. The van der Waals surface area contributed by atoms with Gasteiger partial charge in [-0.2, -0.15) is 0 Å². The number of nitrogens with zero attached hydrogens (tertiary/aromatic N) is 1. The topological polar surface area (TPSA) is 54.0 Å². The van der Waals surface area contributed by atoms with Gasteiger partial charge in [-0.25, -0.2) is 0 Å². The molecule has 0 aliphatic carbocycles. The predicted molar refractivity (Wildman–Crippen MR) is 99.2 cm³/mol. The highest BCUT2D eigenvalue weighted by Crippen LogP contribution is 2.32. The molecule has 0 spiro atoms. The van der Waals surface area contributed by atoms with E-state index < -0.39 is 0 Å². The molecule has 4 heteroatoms. The summed E-state index contributed by atoms with van der Waals surface area (Å²) in [4.78, 5) is 16.4. The maximum absolute atomic E-state index is 12.4. The van der Waals surface area contributed by atoms with Gasteiger partial charge in [-0.15, -0.1) is 0 Å². The number of carbonyl (C=O) groups excluding carboxylic acids is 1. The minimum absolute atomic E-state index is 0.0195. The van der Waals surface area contributed by atoms with Gasteiger partial charge in [-0.05, 0) is 34.6 Å². The molecule has 2 N–H and O–H groups in total. The molecule has 0 fully saturated rings. The van der Waals surface area contributed by atoms with E-state index in [1.54, 1.807) is 12.4 Å². The lowest BCUT2D eigenvalue weighted by atomic mass is 9.92. The summed E-state index contributed by atoms with van der Waals surface area (Å²) in [6.07, 6.45) is 3.54. The number of anilines is 1. The smallest absolute Gasteiger partial charge is 0.238 e. The minimum atomic E-state index is -0.0195. The number of benzene rings is 1. The summed E-state index contributed by atoms with van der Waals surface area (Å²) < 4.78 is 0. The Morgan fingerprint density at radius 3 is 2.25 bits per heavy atom. The number of rotatable bonds is 7. The van der Waals surface area contributed by atoms with Gasteiger partial charge >= 0.3 is 0 Å². The van der Waals surface area contributed by atoms with Crippen LogP contribution in [0.5, 0.6) is 0 Å². The van der Waals surface area contributed by atoms with E-state index in [0.717, 1.165) is 11.3 Å². The summed E-state index contributed by atoms with van der Waals surface area (Å²) in [5.74, 6) is 0.707. The summed E-state index contributed by atoms with van der Waals surface area (Å²) in [7, 11) is 0. The van der Waals surface area contributed by atoms with Gasteiger partial charge in [0.05, 0.1) is 6.54 Å². The van der Waals surface area contributed by atoms with Crippen molar-refractivity contribution in [3.8, 4) is 0 Å². The molecule has 24 heavy (non-hydrogen) atoms. The molecule has 0 unspecified atom stereocenters. The van der Waals surface area contributed by atoms with Gasteiger partial charge in [0.2, 0.25) is 5.91 Å². The Hall–Kier alpha value is -2.20. The standard InChI is InChI=1S/C20H27N3O/c1-14(2)17-8-5-9-18(15(3)4)20(17)23-19(24)13-22-12-16-7-6-10-21-11-16/h5-11,14-15,22H,12-13H2,1-4H3,(H,23,24). The Morgan fingerprint density at radius 1 is 1.04 bits per heavy atom. The van der Waals surface area contributed by atoms with Crippen molar-refractivity contribution in [2.45, 2.75) is 46.1 Å². The predicted octanol–water partition coefficient (Wildman–Crippen LogP) is 4.06. The molecule has 0 aliphatic heterocycles. The van der Waals surface area contributed by atoms with Crippen LogP contribution in [-0.4, -0.2) is 17.4 Å². The van der Waals surface area contributed by atoms with Crippen molar-refractivity contribution in [2.75, 3.05) is 11.9 Å². The van der Waals surface area contributed by atoms with Gasteiger partial charge in [-0.1, -0.05) is 52.0 Å². The first-order valence-corrected chi connectivity index (χ1v) is 8.51. The molecule has 1 heterocycles. The van der Waals surface area contributed by atoms with E-state index in [-0.39, 0.29) is 12.5 Å². The Bertz CT molecular complexity index is 640. The van der Waals surface area contributed by atoms with Crippen LogP contribution >= 0.6 is 0 Å². The quantitative estimate of drug-likeness (QED) is 0.807. The summed E-state index contributed by atoms with van der Waals surface area (Å²) in [6, 6.07) is 10.1. The molecule has 0 aliphatic rings. The number of carbonyl (C=O) groups is 1. The molecule has 1 aromatic carbocycles. The fourth-order valence-corrected chi connectivity index (χ4v) is 2.70. The van der Waals surface area contributed by atoms with E-state index in [1.807, 2.05) is 12.1 Å². The zero-order valence-electron chi connectivity index (χ0n) is 15.0. The molecule has 2 aromatic rings. The van der Waals surface area contributed by atoms with Crippen LogP contribution in [0.15, 0.2) is 42.7 Å². The highest BCUT2D eigenvalue weighted by molar-refractivity contribution is 5.94. The normalized spacial score (nSPS) is 11.1. The molecule has 2 rings (SSSR count). The first kappa shape index (κ1) is 18.1. The van der Waals surface area contributed by atoms with Crippen LogP contribution in [0.4, 0.5) is 5.69 Å². The fourth-order valence-electron chi connectivity index (χ4n) is 2.70. The van der Waals surface area contributed by atoms with Crippen LogP contribution in [-0.2, 0) is 11.3 Å². The number of amides is 1. The number of pyridine rings is 1. The molecule has 1 aromatic heterocycles. The summed E-state index contributed by atoms with van der Waals surface area (Å²) >= 11 is 0. The van der Waals surface area contributed by atoms with Gasteiger partial charge < -0.3 is 10.6 Å². The zero-order valence-corrected chi connectivity index (χ0v) is 15.0. The molecule has 0 bridgehead atoms. The van der Waals surface area contributed by atoms with E-state index in [9.17, 15) is 4.79 Å². The van der Waals surface area contributed by atoms with Crippen molar-refractivity contribution >= 4 is 11.6 Å². The second-order valence-corrected chi connectivity index (χ2v) is 6.63. The fraction of sp³-hybridized carbons (Fsp3) is 0.400. The van der Waals surface area contributed by atoms with Crippen LogP contribution < -0.4 is 10.6 Å². The lowest BCUT2D eigenvalue weighted by Gasteiger charge is -2.20. The van der Waals surface area contributed by atoms with E-state index in [4.69, 9.17) is 0 Å². The van der Waals surface area contributed by atoms with E-state index in [1.165, 1.54) is 11.1 Å². The van der Waals surface area contributed by atoms with E-state index in [2.05, 4.69) is 61.5 Å². The highest BCUT2D eigenvalue weighted by atomic mass is 16.1. The maximum Gasteiger partial charge on any atom is 0.238 e. The van der Waals surface area contributed by atoms with Crippen LogP contribution in [0, 0.1) is 0 Å². The van der Waals surface area contributed by atoms with Crippen molar-refractivity contribution in [2.24, 2.45) is 0 Å². The third kappa shape index (κ3) is 4.90. The lowest BCUT2D eigenvalue weighted by Crippen LogP contribution is -2.28. The molecular weight excluding hydrogens is 298 g/mol. The van der Waals surface area contributed by atoms with Crippen molar-refractivity contribution in [1.82, 2.24) is 10.3 Å². The van der Waals surface area contributed by atoms with E-state index >= 15 is 0 Å². The van der Waals surface area contributed by atoms with Crippen LogP contribution in [0.3, 0.4) is 0 Å². The average Bonchev–Trinajstić information content (AvgIpc) is 2.55. The third-order valence-corrected chi connectivity index (χ3v) is 3.97. The van der Waals surface area contributed by atoms with E-state index in [0.29, 0.717) is 18.4 Å². The summed E-state index contributed by atoms with van der Waals surface area (Å²) in [6.45, 7) is 9.50. The molecule has 1 amide bonds. The highest BCUT2D eigenvalue weighted by Gasteiger charge is 2.15. The van der Waals surface area contributed by atoms with Crippen molar-refractivity contribution in [1.29, 1.82) is 0 Å². The molecule has 0 saturated heterocycles. The second-order valence-electron chi connectivity index (χ2n) is 6.63.